The molecule has 6 heteroatoms. The number of carbonyl (C=O) groups is 1. The highest BCUT2D eigenvalue weighted by Crippen LogP contribution is 2.25. The van der Waals surface area contributed by atoms with Gasteiger partial charge in [-0.25, -0.2) is 5.01 Å². The van der Waals surface area contributed by atoms with Crippen LogP contribution in [0.25, 0.3) is 0 Å². The smallest absolute Gasteiger partial charge is 0.248 e. The standard InChI is InChI=1S/C16H14ClN3O2/c17-11-4-5-15(21)13(9-11)14-6-8-20(19-14)16(22)10-12-3-1-2-7-18-12/h1-5,7,9,21H,6,8,10H2. The first-order valence-electron chi connectivity index (χ1n) is 6.90. The van der Waals surface area contributed by atoms with Crippen LogP contribution < -0.4 is 0 Å². The van der Waals surface area contributed by atoms with E-state index in [0.717, 1.165) is 0 Å². The summed E-state index contributed by atoms with van der Waals surface area (Å²) in [7, 11) is 0. The summed E-state index contributed by atoms with van der Waals surface area (Å²) in [6, 6.07) is 10.3. The summed E-state index contributed by atoms with van der Waals surface area (Å²) in [5, 5.41) is 16.2. The van der Waals surface area contributed by atoms with Crippen molar-refractivity contribution < 1.29 is 9.90 Å². The van der Waals surface area contributed by atoms with E-state index in [2.05, 4.69) is 10.1 Å². The van der Waals surface area contributed by atoms with Gasteiger partial charge in [-0.05, 0) is 30.3 Å². The van der Waals surface area contributed by atoms with Gasteiger partial charge in [0.05, 0.1) is 18.7 Å². The van der Waals surface area contributed by atoms with Gasteiger partial charge in [0.1, 0.15) is 5.75 Å². The van der Waals surface area contributed by atoms with Gasteiger partial charge in [0.25, 0.3) is 0 Å². The van der Waals surface area contributed by atoms with E-state index in [1.54, 1.807) is 24.4 Å². The number of phenolic OH excluding ortho intramolecular Hbond substituents is 1. The van der Waals surface area contributed by atoms with Crippen LogP contribution in [0, 0.1) is 0 Å². The normalized spacial score (nSPS) is 14.0. The first-order valence-corrected chi connectivity index (χ1v) is 7.28. The van der Waals surface area contributed by atoms with E-state index in [9.17, 15) is 9.90 Å². The van der Waals surface area contributed by atoms with Crippen molar-refractivity contribution in [2.24, 2.45) is 5.10 Å². The molecule has 0 radical (unpaired) electrons. The number of nitrogens with zero attached hydrogens (tertiary/aromatic N) is 3. The van der Waals surface area contributed by atoms with Crippen molar-refractivity contribution in [3.63, 3.8) is 0 Å². The zero-order valence-electron chi connectivity index (χ0n) is 11.7. The Kier molecular flexibility index (Phi) is 4.06. The van der Waals surface area contributed by atoms with Crippen molar-refractivity contribution in [3.05, 3.63) is 58.9 Å². The van der Waals surface area contributed by atoms with Crippen LogP contribution in [0.3, 0.4) is 0 Å². The minimum absolute atomic E-state index is 0.113. The number of pyridine rings is 1. The van der Waals surface area contributed by atoms with Gasteiger partial charge in [-0.15, -0.1) is 0 Å². The summed E-state index contributed by atoms with van der Waals surface area (Å²) >= 11 is 5.95. The molecule has 0 aliphatic carbocycles. The van der Waals surface area contributed by atoms with Crippen molar-refractivity contribution in [1.29, 1.82) is 0 Å². The zero-order chi connectivity index (χ0) is 15.5. The quantitative estimate of drug-likeness (QED) is 0.947. The van der Waals surface area contributed by atoms with E-state index in [0.29, 0.717) is 35.0 Å². The lowest BCUT2D eigenvalue weighted by atomic mass is 10.1. The molecular formula is C16H14ClN3O2. The third-order valence-electron chi connectivity index (χ3n) is 3.42. The van der Waals surface area contributed by atoms with Gasteiger partial charge in [0.15, 0.2) is 0 Å². The average Bonchev–Trinajstić information content (AvgIpc) is 3.00. The maximum Gasteiger partial charge on any atom is 0.248 e. The number of benzene rings is 1. The molecular weight excluding hydrogens is 302 g/mol. The summed E-state index contributed by atoms with van der Waals surface area (Å²) < 4.78 is 0. The molecule has 2 aromatic rings. The second-order valence-electron chi connectivity index (χ2n) is 4.97. The summed E-state index contributed by atoms with van der Waals surface area (Å²) in [6.07, 6.45) is 2.45. The van der Waals surface area contributed by atoms with Crippen molar-refractivity contribution in [1.82, 2.24) is 9.99 Å². The predicted molar refractivity (Wildman–Crippen MR) is 83.9 cm³/mol. The first kappa shape index (κ1) is 14.5. The molecule has 1 aliphatic rings. The fraction of sp³-hybridized carbons (Fsp3) is 0.188. The highest BCUT2D eigenvalue weighted by Gasteiger charge is 2.23. The molecule has 22 heavy (non-hydrogen) atoms. The number of rotatable bonds is 3. The van der Waals surface area contributed by atoms with Gasteiger partial charge < -0.3 is 5.11 Å². The molecule has 0 fully saturated rings. The molecule has 5 nitrogen and oxygen atoms in total. The minimum Gasteiger partial charge on any atom is -0.507 e. The first-order chi connectivity index (χ1) is 10.6. The monoisotopic (exact) mass is 315 g/mol. The van der Waals surface area contributed by atoms with Crippen LogP contribution in [0.4, 0.5) is 0 Å². The topological polar surface area (TPSA) is 65.8 Å². The molecule has 2 heterocycles. The van der Waals surface area contributed by atoms with E-state index < -0.39 is 0 Å². The lowest BCUT2D eigenvalue weighted by Crippen LogP contribution is -2.25. The van der Waals surface area contributed by atoms with Crippen LogP contribution in [0.2, 0.25) is 5.02 Å². The summed E-state index contributed by atoms with van der Waals surface area (Å²) in [4.78, 5) is 16.4. The van der Waals surface area contributed by atoms with E-state index in [1.807, 2.05) is 12.1 Å². The number of hydrogen-bond acceptors (Lipinski definition) is 4. The number of hydrazone groups is 1. The molecule has 1 N–H and O–H groups in total. The molecule has 0 saturated carbocycles. The third-order valence-corrected chi connectivity index (χ3v) is 3.65. The van der Waals surface area contributed by atoms with Gasteiger partial charge in [0, 0.05) is 28.9 Å². The van der Waals surface area contributed by atoms with Crippen LogP contribution in [-0.4, -0.2) is 33.3 Å². The maximum atomic E-state index is 12.2. The van der Waals surface area contributed by atoms with Crippen LogP contribution in [0.15, 0.2) is 47.7 Å². The Hall–Kier alpha value is -2.40. The van der Waals surface area contributed by atoms with Gasteiger partial charge in [-0.2, -0.15) is 5.10 Å². The second-order valence-corrected chi connectivity index (χ2v) is 5.41. The minimum atomic E-state index is -0.116. The second kappa shape index (κ2) is 6.15. The molecule has 0 atom stereocenters. The Labute approximate surface area is 132 Å². The van der Waals surface area contributed by atoms with Crippen molar-refractivity contribution in [3.8, 4) is 5.75 Å². The number of hydrogen-bond donors (Lipinski definition) is 1. The molecule has 1 aromatic carbocycles. The fourth-order valence-electron chi connectivity index (χ4n) is 2.31. The third kappa shape index (κ3) is 3.09. The van der Waals surface area contributed by atoms with Gasteiger partial charge in [-0.1, -0.05) is 17.7 Å². The molecule has 0 saturated heterocycles. The van der Waals surface area contributed by atoms with E-state index in [-0.39, 0.29) is 18.1 Å². The zero-order valence-corrected chi connectivity index (χ0v) is 12.5. The molecule has 0 bridgehead atoms. The number of phenols is 1. The molecule has 112 valence electrons. The van der Waals surface area contributed by atoms with Crippen LogP contribution in [0.5, 0.6) is 5.75 Å². The van der Waals surface area contributed by atoms with Crippen LogP contribution >= 0.6 is 11.6 Å². The Morgan fingerprint density at radius 2 is 2.18 bits per heavy atom. The lowest BCUT2D eigenvalue weighted by molar-refractivity contribution is -0.130. The van der Waals surface area contributed by atoms with Crippen LogP contribution in [-0.2, 0) is 11.2 Å². The SMILES string of the molecule is O=C(Cc1ccccn1)N1CCC(c2cc(Cl)ccc2O)=N1. The summed E-state index contributed by atoms with van der Waals surface area (Å²) in [5.74, 6) is -0.00241. The fourth-order valence-corrected chi connectivity index (χ4v) is 2.49. The van der Waals surface area contributed by atoms with Crippen molar-refractivity contribution in [2.75, 3.05) is 6.54 Å². The predicted octanol–water partition coefficient (Wildman–Crippen LogP) is 2.62. The van der Waals surface area contributed by atoms with Gasteiger partial charge in [0.2, 0.25) is 5.91 Å². The molecule has 0 spiro atoms. The Morgan fingerprint density at radius 1 is 1.32 bits per heavy atom. The average molecular weight is 316 g/mol. The lowest BCUT2D eigenvalue weighted by Gasteiger charge is -2.10. The molecule has 1 aromatic heterocycles. The summed E-state index contributed by atoms with van der Waals surface area (Å²) in [5.41, 5.74) is 1.94. The van der Waals surface area contributed by atoms with Gasteiger partial charge in [-0.3, -0.25) is 9.78 Å². The molecule has 3 rings (SSSR count). The molecule has 1 amide bonds. The van der Waals surface area contributed by atoms with Gasteiger partial charge >= 0.3 is 0 Å². The Bertz CT molecular complexity index is 731. The largest absolute Gasteiger partial charge is 0.507 e. The number of aromatic nitrogens is 1. The summed E-state index contributed by atoms with van der Waals surface area (Å²) in [6.45, 7) is 0.493. The highest BCUT2D eigenvalue weighted by molar-refractivity contribution is 6.31. The maximum absolute atomic E-state index is 12.2. The number of halogens is 1. The number of aromatic hydroxyl groups is 1. The molecule has 0 unspecified atom stereocenters. The van der Waals surface area contributed by atoms with Crippen molar-refractivity contribution in [2.45, 2.75) is 12.8 Å². The number of carbonyl (C=O) groups excluding carboxylic acids is 1. The Balaban J connectivity index is 1.76. The molecule has 1 aliphatic heterocycles. The number of amides is 1. The highest BCUT2D eigenvalue weighted by atomic mass is 35.5. The van der Waals surface area contributed by atoms with Crippen molar-refractivity contribution >= 4 is 23.2 Å². The van der Waals surface area contributed by atoms with E-state index in [4.69, 9.17) is 11.6 Å². The van der Waals surface area contributed by atoms with E-state index in [1.165, 1.54) is 11.1 Å². The van der Waals surface area contributed by atoms with Crippen LogP contribution in [0.1, 0.15) is 17.7 Å². The Morgan fingerprint density at radius 3 is 2.95 bits per heavy atom. The van der Waals surface area contributed by atoms with E-state index >= 15 is 0 Å².